The molecule has 1 aliphatic rings. The number of aromatic nitrogens is 1. The fraction of sp³-hybridized carbons (Fsp3) is 0.280. The predicted molar refractivity (Wildman–Crippen MR) is 124 cm³/mol. The SMILES string of the molecule is COc1cc2nccc(C(OC(N)=O)c3ccc4c(c3OC)C=CC(C)(C)O4)c2cc1OC. The lowest BCUT2D eigenvalue weighted by molar-refractivity contribution is 0.125. The Morgan fingerprint density at radius 2 is 1.76 bits per heavy atom. The number of rotatable bonds is 6. The lowest BCUT2D eigenvalue weighted by Crippen LogP contribution is -2.28. The number of ether oxygens (including phenoxy) is 5. The van der Waals surface area contributed by atoms with Gasteiger partial charge >= 0.3 is 6.09 Å². The maximum Gasteiger partial charge on any atom is 0.405 e. The highest BCUT2D eigenvalue weighted by molar-refractivity contribution is 5.87. The number of carbonyl (C=O) groups is 1. The Labute approximate surface area is 191 Å². The molecule has 3 aromatic rings. The minimum Gasteiger partial charge on any atom is -0.496 e. The molecule has 1 unspecified atom stereocenters. The van der Waals surface area contributed by atoms with E-state index in [-0.39, 0.29) is 0 Å². The van der Waals surface area contributed by atoms with Gasteiger partial charge in [0.2, 0.25) is 0 Å². The first kappa shape index (κ1) is 22.3. The van der Waals surface area contributed by atoms with Crippen LogP contribution in [0.1, 0.15) is 36.6 Å². The van der Waals surface area contributed by atoms with Crippen molar-refractivity contribution < 1.29 is 28.5 Å². The Morgan fingerprint density at radius 1 is 1.03 bits per heavy atom. The van der Waals surface area contributed by atoms with Gasteiger partial charge < -0.3 is 29.4 Å². The number of nitrogens with two attached hydrogens (primary N) is 1. The summed E-state index contributed by atoms with van der Waals surface area (Å²) >= 11 is 0. The largest absolute Gasteiger partial charge is 0.496 e. The molecule has 0 saturated carbocycles. The molecule has 8 nitrogen and oxygen atoms in total. The smallest absolute Gasteiger partial charge is 0.405 e. The van der Waals surface area contributed by atoms with Crippen LogP contribution in [0.15, 0.2) is 42.6 Å². The molecule has 2 aromatic carbocycles. The van der Waals surface area contributed by atoms with Gasteiger partial charge in [-0.05, 0) is 50.3 Å². The number of carbonyl (C=O) groups excluding carboxylic acids is 1. The Morgan fingerprint density at radius 3 is 2.42 bits per heavy atom. The second-order valence-electron chi connectivity index (χ2n) is 8.08. The molecule has 4 rings (SSSR count). The summed E-state index contributed by atoms with van der Waals surface area (Å²) in [6, 6.07) is 8.98. The van der Waals surface area contributed by atoms with E-state index in [0.29, 0.717) is 45.0 Å². The van der Waals surface area contributed by atoms with Crippen LogP contribution in [0.2, 0.25) is 0 Å². The number of primary amides is 1. The summed E-state index contributed by atoms with van der Waals surface area (Å²) in [5.41, 5.74) is 7.71. The van der Waals surface area contributed by atoms with E-state index in [4.69, 9.17) is 29.4 Å². The fourth-order valence-corrected chi connectivity index (χ4v) is 4.01. The van der Waals surface area contributed by atoms with Crippen molar-refractivity contribution >= 4 is 23.1 Å². The zero-order chi connectivity index (χ0) is 23.8. The number of nitrogens with zero attached hydrogens (tertiary/aromatic N) is 1. The third kappa shape index (κ3) is 4.11. The summed E-state index contributed by atoms with van der Waals surface area (Å²) in [5.74, 6) is 2.26. The first-order valence-electron chi connectivity index (χ1n) is 10.3. The third-order valence-corrected chi connectivity index (χ3v) is 5.49. The quantitative estimate of drug-likeness (QED) is 0.584. The molecule has 0 fully saturated rings. The van der Waals surface area contributed by atoms with Crippen LogP contribution in [0.25, 0.3) is 17.0 Å². The maximum absolute atomic E-state index is 11.9. The van der Waals surface area contributed by atoms with Crippen molar-refractivity contribution in [1.29, 1.82) is 0 Å². The van der Waals surface area contributed by atoms with Crippen LogP contribution in [-0.2, 0) is 4.74 Å². The van der Waals surface area contributed by atoms with E-state index in [0.717, 1.165) is 5.56 Å². The number of fused-ring (bicyclic) bond motifs is 2. The molecule has 1 amide bonds. The van der Waals surface area contributed by atoms with Crippen molar-refractivity contribution in [3.63, 3.8) is 0 Å². The van der Waals surface area contributed by atoms with Crippen LogP contribution in [0.5, 0.6) is 23.0 Å². The normalized spacial score (nSPS) is 14.7. The predicted octanol–water partition coefficient (Wildman–Crippen LogP) is 4.63. The average molecular weight is 450 g/mol. The van der Waals surface area contributed by atoms with E-state index < -0.39 is 17.8 Å². The molecule has 0 spiro atoms. The first-order chi connectivity index (χ1) is 15.8. The fourth-order valence-electron chi connectivity index (χ4n) is 4.01. The van der Waals surface area contributed by atoms with Crippen molar-refractivity contribution in [3.8, 4) is 23.0 Å². The topological polar surface area (TPSA) is 102 Å². The van der Waals surface area contributed by atoms with Gasteiger partial charge in [-0.3, -0.25) is 4.98 Å². The monoisotopic (exact) mass is 450 g/mol. The summed E-state index contributed by atoms with van der Waals surface area (Å²) in [6.45, 7) is 3.94. The molecule has 1 atom stereocenters. The van der Waals surface area contributed by atoms with Crippen molar-refractivity contribution in [2.75, 3.05) is 21.3 Å². The first-order valence-corrected chi connectivity index (χ1v) is 10.3. The molecular formula is C25H26N2O6. The van der Waals surface area contributed by atoms with E-state index in [9.17, 15) is 4.79 Å². The molecule has 8 heteroatoms. The zero-order valence-electron chi connectivity index (χ0n) is 19.2. The van der Waals surface area contributed by atoms with Crippen LogP contribution >= 0.6 is 0 Å². The molecule has 0 radical (unpaired) electrons. The molecule has 0 bridgehead atoms. The van der Waals surface area contributed by atoms with E-state index in [1.165, 1.54) is 0 Å². The van der Waals surface area contributed by atoms with Crippen molar-refractivity contribution in [2.45, 2.75) is 25.6 Å². The van der Waals surface area contributed by atoms with Gasteiger partial charge in [0.1, 0.15) is 17.1 Å². The highest BCUT2D eigenvalue weighted by Crippen LogP contribution is 2.45. The molecule has 1 aliphatic heterocycles. The maximum atomic E-state index is 11.9. The van der Waals surface area contributed by atoms with Crippen LogP contribution in [0.3, 0.4) is 0 Å². The van der Waals surface area contributed by atoms with Crippen molar-refractivity contribution in [3.05, 3.63) is 59.3 Å². The summed E-state index contributed by atoms with van der Waals surface area (Å²) in [7, 11) is 4.67. The van der Waals surface area contributed by atoms with E-state index in [1.54, 1.807) is 45.7 Å². The highest BCUT2D eigenvalue weighted by Gasteiger charge is 2.30. The Bertz CT molecular complexity index is 1250. The number of benzene rings is 2. The molecule has 0 aliphatic carbocycles. The van der Waals surface area contributed by atoms with Crippen LogP contribution in [0.4, 0.5) is 4.79 Å². The minimum absolute atomic E-state index is 0.445. The molecule has 33 heavy (non-hydrogen) atoms. The van der Waals surface area contributed by atoms with Gasteiger partial charge in [0.15, 0.2) is 17.6 Å². The van der Waals surface area contributed by atoms with E-state index in [1.807, 2.05) is 38.1 Å². The molecule has 2 heterocycles. The number of hydrogen-bond donors (Lipinski definition) is 1. The second kappa shape index (κ2) is 8.54. The summed E-state index contributed by atoms with van der Waals surface area (Å²) in [5, 5.41) is 0.717. The van der Waals surface area contributed by atoms with Gasteiger partial charge in [-0.1, -0.05) is 0 Å². The minimum atomic E-state index is -0.918. The van der Waals surface area contributed by atoms with Crippen LogP contribution < -0.4 is 24.7 Å². The van der Waals surface area contributed by atoms with Crippen molar-refractivity contribution in [1.82, 2.24) is 4.98 Å². The number of pyridine rings is 1. The standard InChI is InChI=1S/C25H26N2O6/c1-25(2)10-8-15-19(33-25)7-6-16(22(15)31-5)23(32-24(26)28)14-9-11-27-18-13-21(30-4)20(29-3)12-17(14)18/h6-13,23H,1-5H3,(H2,26,28). The zero-order valence-corrected chi connectivity index (χ0v) is 19.2. The van der Waals surface area contributed by atoms with Gasteiger partial charge in [0, 0.05) is 28.8 Å². The lowest BCUT2D eigenvalue weighted by Gasteiger charge is -2.30. The van der Waals surface area contributed by atoms with Gasteiger partial charge in [-0.15, -0.1) is 0 Å². The summed E-state index contributed by atoms with van der Waals surface area (Å²) < 4.78 is 28.3. The second-order valence-corrected chi connectivity index (χ2v) is 8.08. The van der Waals surface area contributed by atoms with Crippen LogP contribution in [0, 0.1) is 0 Å². The van der Waals surface area contributed by atoms with Crippen molar-refractivity contribution in [2.24, 2.45) is 5.73 Å². The third-order valence-electron chi connectivity index (χ3n) is 5.49. The Hall–Kier alpha value is -3.94. The summed E-state index contributed by atoms with van der Waals surface area (Å²) in [4.78, 5) is 16.4. The number of amides is 1. The molecule has 0 saturated heterocycles. The lowest BCUT2D eigenvalue weighted by atomic mass is 9.93. The van der Waals surface area contributed by atoms with Gasteiger partial charge in [-0.25, -0.2) is 4.79 Å². The average Bonchev–Trinajstić information content (AvgIpc) is 2.79. The van der Waals surface area contributed by atoms with E-state index >= 15 is 0 Å². The number of hydrogen-bond acceptors (Lipinski definition) is 7. The summed E-state index contributed by atoms with van der Waals surface area (Å²) in [6.07, 6.45) is 3.75. The Kier molecular flexibility index (Phi) is 5.76. The van der Waals surface area contributed by atoms with Gasteiger partial charge in [-0.2, -0.15) is 0 Å². The van der Waals surface area contributed by atoms with Gasteiger partial charge in [0.05, 0.1) is 32.4 Å². The molecular weight excluding hydrogens is 424 g/mol. The molecule has 1 aromatic heterocycles. The van der Waals surface area contributed by atoms with Gasteiger partial charge in [0.25, 0.3) is 0 Å². The molecule has 172 valence electrons. The van der Waals surface area contributed by atoms with Crippen LogP contribution in [-0.4, -0.2) is 38.0 Å². The molecule has 2 N–H and O–H groups in total. The highest BCUT2D eigenvalue weighted by atomic mass is 16.6. The van der Waals surface area contributed by atoms with E-state index in [2.05, 4.69) is 4.98 Å². The number of methoxy groups -OCH3 is 3. The Balaban J connectivity index is 1.94.